The van der Waals surface area contributed by atoms with Gasteiger partial charge in [-0.1, -0.05) is 24.3 Å². The Bertz CT molecular complexity index is 1510. The van der Waals surface area contributed by atoms with E-state index >= 15 is 0 Å². The van der Waals surface area contributed by atoms with Gasteiger partial charge in [-0.05, 0) is 41.5 Å². The molecule has 0 aliphatic carbocycles. The highest BCUT2D eigenvalue weighted by Crippen LogP contribution is 2.49. The highest BCUT2D eigenvalue weighted by atomic mass is 32.1. The molecule has 1 N–H and O–H groups in total. The van der Waals surface area contributed by atoms with Crippen LogP contribution in [0.5, 0.6) is 23.0 Å². The average Bonchev–Trinajstić information content (AvgIpc) is 3.49. The Kier molecular flexibility index (Phi) is 6.45. The molecule has 2 heterocycles. The minimum atomic E-state index is -2.13. The van der Waals surface area contributed by atoms with Crippen molar-refractivity contribution in [2.45, 2.75) is 12.2 Å². The van der Waals surface area contributed by atoms with Crippen LogP contribution in [-0.4, -0.2) is 48.3 Å². The molecule has 3 aromatic carbocycles. The van der Waals surface area contributed by atoms with Crippen LogP contribution in [0.25, 0.3) is 16.6 Å². The van der Waals surface area contributed by atoms with Gasteiger partial charge in [0.25, 0.3) is 5.79 Å². The van der Waals surface area contributed by atoms with Crippen LogP contribution in [0.1, 0.15) is 16.7 Å². The van der Waals surface area contributed by atoms with Crippen molar-refractivity contribution in [3.8, 4) is 23.0 Å². The molecule has 190 valence electrons. The molecular weight excluding hydrogens is 496 g/mol. The molecule has 0 bridgehead atoms. The Morgan fingerprint density at radius 2 is 1.54 bits per heavy atom. The number of para-hydroxylation sites is 1. The summed E-state index contributed by atoms with van der Waals surface area (Å²) < 4.78 is 36.2. The second kappa shape index (κ2) is 9.72. The zero-order chi connectivity index (χ0) is 26.2. The number of esters is 1. The zero-order valence-corrected chi connectivity index (χ0v) is 21.4. The lowest BCUT2D eigenvalue weighted by Gasteiger charge is -2.27. The summed E-state index contributed by atoms with van der Waals surface area (Å²) >= 11 is 1.08. The number of hydrogen-bond acceptors (Lipinski definition) is 10. The molecule has 5 rings (SSSR count). The summed E-state index contributed by atoms with van der Waals surface area (Å²) in [5, 5.41) is 12.1. The SMILES string of the molecule is COc1ccccc1CC1=C(c2ccc3nsnc3c2)C(=O)OC1(O)c1cc(OC)c(OC)c(OC)c1. The normalized spacial score (nSPS) is 17.2. The predicted octanol–water partition coefficient (Wildman–Crippen LogP) is 4.12. The summed E-state index contributed by atoms with van der Waals surface area (Å²) in [5.41, 5.74) is 3.48. The van der Waals surface area contributed by atoms with Gasteiger partial charge in [0.05, 0.1) is 45.7 Å². The number of carbonyl (C=O) groups is 1. The Morgan fingerprint density at radius 3 is 2.22 bits per heavy atom. The highest BCUT2D eigenvalue weighted by molar-refractivity contribution is 7.00. The number of methoxy groups -OCH3 is 4. The Morgan fingerprint density at radius 1 is 0.865 bits per heavy atom. The first-order valence-corrected chi connectivity index (χ1v) is 12.0. The van der Waals surface area contributed by atoms with E-state index in [0.29, 0.717) is 45.2 Å². The molecule has 0 saturated carbocycles. The van der Waals surface area contributed by atoms with E-state index in [1.165, 1.54) is 21.3 Å². The Hall–Kier alpha value is -4.15. The molecule has 0 saturated heterocycles. The molecule has 0 radical (unpaired) electrons. The van der Waals surface area contributed by atoms with E-state index in [0.717, 1.165) is 17.3 Å². The van der Waals surface area contributed by atoms with Crippen LogP contribution < -0.4 is 18.9 Å². The Labute approximate surface area is 217 Å². The summed E-state index contributed by atoms with van der Waals surface area (Å²) in [6.45, 7) is 0. The van der Waals surface area contributed by atoms with Gasteiger partial charge >= 0.3 is 5.97 Å². The van der Waals surface area contributed by atoms with Gasteiger partial charge in [0.15, 0.2) is 11.5 Å². The summed E-state index contributed by atoms with van der Waals surface area (Å²) in [6, 6.07) is 15.8. The minimum Gasteiger partial charge on any atom is -0.496 e. The maximum Gasteiger partial charge on any atom is 0.342 e. The smallest absolute Gasteiger partial charge is 0.342 e. The van der Waals surface area contributed by atoms with Crippen molar-refractivity contribution in [1.29, 1.82) is 0 Å². The van der Waals surface area contributed by atoms with Crippen molar-refractivity contribution in [2.24, 2.45) is 0 Å². The third kappa shape index (κ3) is 4.13. The fraction of sp³-hybridized carbons (Fsp3) is 0.222. The molecular formula is C27H24N2O7S. The lowest BCUT2D eigenvalue weighted by atomic mass is 9.87. The van der Waals surface area contributed by atoms with Gasteiger partial charge in [0, 0.05) is 17.6 Å². The van der Waals surface area contributed by atoms with Crippen molar-refractivity contribution >= 4 is 34.3 Å². The standard InChI is InChI=1S/C27H24N2O7S/c1-32-21-8-6-5-7-15(21)11-18-24(16-9-10-19-20(12-16)29-37-28-19)26(30)36-27(18,31)17-13-22(33-2)25(35-4)23(14-17)34-3/h5-10,12-14,31H,11H2,1-4H3. The summed E-state index contributed by atoms with van der Waals surface area (Å²) in [7, 11) is 6.00. The maximum atomic E-state index is 13.4. The van der Waals surface area contributed by atoms with Crippen LogP contribution in [0.15, 0.2) is 60.2 Å². The molecule has 0 amide bonds. The predicted molar refractivity (Wildman–Crippen MR) is 137 cm³/mol. The van der Waals surface area contributed by atoms with E-state index in [2.05, 4.69) is 8.75 Å². The number of ether oxygens (including phenoxy) is 5. The van der Waals surface area contributed by atoms with Crippen LogP contribution >= 0.6 is 11.7 Å². The van der Waals surface area contributed by atoms with Crippen molar-refractivity contribution < 1.29 is 33.6 Å². The second-order valence-electron chi connectivity index (χ2n) is 8.26. The fourth-order valence-corrected chi connectivity index (χ4v) is 5.04. The summed E-state index contributed by atoms with van der Waals surface area (Å²) in [6.07, 6.45) is 0.158. The number of cyclic esters (lactones) is 1. The molecule has 37 heavy (non-hydrogen) atoms. The van der Waals surface area contributed by atoms with E-state index in [1.807, 2.05) is 24.3 Å². The van der Waals surface area contributed by atoms with Gasteiger partial charge in [0.1, 0.15) is 16.8 Å². The third-order valence-electron chi connectivity index (χ3n) is 6.31. The van der Waals surface area contributed by atoms with E-state index < -0.39 is 11.8 Å². The van der Waals surface area contributed by atoms with Crippen LogP contribution in [0.4, 0.5) is 0 Å². The number of aliphatic hydroxyl groups is 1. The number of carbonyl (C=O) groups excluding carboxylic acids is 1. The van der Waals surface area contributed by atoms with Crippen molar-refractivity contribution in [1.82, 2.24) is 8.75 Å². The molecule has 0 spiro atoms. The first kappa shape index (κ1) is 24.5. The third-order valence-corrected chi connectivity index (χ3v) is 6.87. The van der Waals surface area contributed by atoms with Crippen LogP contribution in [0, 0.1) is 0 Å². The largest absolute Gasteiger partial charge is 0.496 e. The minimum absolute atomic E-state index is 0.158. The number of nitrogens with zero attached hydrogens (tertiary/aromatic N) is 2. The van der Waals surface area contributed by atoms with Crippen LogP contribution in [0.2, 0.25) is 0 Å². The van der Waals surface area contributed by atoms with Crippen molar-refractivity contribution in [3.05, 3.63) is 76.9 Å². The number of aromatic nitrogens is 2. The van der Waals surface area contributed by atoms with Crippen molar-refractivity contribution in [2.75, 3.05) is 28.4 Å². The molecule has 9 nitrogen and oxygen atoms in total. The number of rotatable bonds is 8. The molecule has 10 heteroatoms. The molecule has 1 aliphatic heterocycles. The maximum absolute atomic E-state index is 13.4. The lowest BCUT2D eigenvalue weighted by molar-refractivity contribution is -0.185. The fourth-order valence-electron chi connectivity index (χ4n) is 4.53. The van der Waals surface area contributed by atoms with Gasteiger partial charge in [-0.15, -0.1) is 0 Å². The van der Waals surface area contributed by atoms with Crippen LogP contribution in [0.3, 0.4) is 0 Å². The topological polar surface area (TPSA) is 109 Å². The van der Waals surface area contributed by atoms with Gasteiger partial charge in [0.2, 0.25) is 5.75 Å². The van der Waals surface area contributed by atoms with E-state index in [-0.39, 0.29) is 17.6 Å². The van der Waals surface area contributed by atoms with Gasteiger partial charge in [-0.2, -0.15) is 8.75 Å². The first-order valence-electron chi connectivity index (χ1n) is 11.3. The second-order valence-corrected chi connectivity index (χ2v) is 8.79. The molecule has 0 fully saturated rings. The van der Waals surface area contributed by atoms with Crippen molar-refractivity contribution in [3.63, 3.8) is 0 Å². The van der Waals surface area contributed by atoms with E-state index in [9.17, 15) is 9.90 Å². The molecule has 1 aromatic heterocycles. The quantitative estimate of drug-likeness (QED) is 0.343. The number of hydrogen-bond donors (Lipinski definition) is 1. The molecule has 1 aliphatic rings. The van der Waals surface area contributed by atoms with E-state index in [1.54, 1.807) is 37.4 Å². The van der Waals surface area contributed by atoms with Gasteiger partial charge < -0.3 is 28.8 Å². The Balaban J connectivity index is 1.76. The summed E-state index contributed by atoms with van der Waals surface area (Å²) in [5.74, 6) is -1.24. The average molecular weight is 521 g/mol. The number of fused-ring (bicyclic) bond motifs is 1. The molecule has 1 unspecified atom stereocenters. The lowest BCUT2D eigenvalue weighted by Crippen LogP contribution is -2.30. The highest BCUT2D eigenvalue weighted by Gasteiger charge is 2.49. The molecule has 1 atom stereocenters. The first-order chi connectivity index (χ1) is 17.9. The summed E-state index contributed by atoms with van der Waals surface area (Å²) in [4.78, 5) is 13.4. The van der Waals surface area contributed by atoms with Gasteiger partial charge in [-0.3, -0.25) is 0 Å². The molecule has 4 aromatic rings. The van der Waals surface area contributed by atoms with E-state index in [4.69, 9.17) is 23.7 Å². The van der Waals surface area contributed by atoms with Gasteiger partial charge in [-0.25, -0.2) is 4.79 Å². The number of benzene rings is 3. The monoisotopic (exact) mass is 520 g/mol. The van der Waals surface area contributed by atoms with Crippen LogP contribution in [-0.2, 0) is 21.7 Å². The zero-order valence-electron chi connectivity index (χ0n) is 20.6.